The Hall–Kier alpha value is -1.90. The zero-order valence-corrected chi connectivity index (χ0v) is 17.5. The molecule has 9 heteroatoms. The molecule has 0 unspecified atom stereocenters. The van der Waals surface area contributed by atoms with Crippen LogP contribution in [0.3, 0.4) is 0 Å². The number of benzene rings is 2. The van der Waals surface area contributed by atoms with Gasteiger partial charge in [-0.25, -0.2) is 13.9 Å². The SMILES string of the molecule is O=C(C=Cc1ccc(S(=O)(=O)N2C[C@@H]3C[C@]3(c3ccc(Cl)c(Cl)c3)C2)cc1)NO. The summed E-state index contributed by atoms with van der Waals surface area (Å²) in [7, 11) is -3.63. The Balaban J connectivity index is 1.52. The van der Waals surface area contributed by atoms with Crippen molar-refractivity contribution in [2.24, 2.45) is 5.92 Å². The minimum Gasteiger partial charge on any atom is -0.288 e. The van der Waals surface area contributed by atoms with Gasteiger partial charge in [-0.1, -0.05) is 41.4 Å². The molecule has 1 saturated carbocycles. The fourth-order valence-corrected chi connectivity index (χ4v) is 5.83. The molecular formula is C20H18Cl2N2O4S. The van der Waals surface area contributed by atoms with E-state index < -0.39 is 15.9 Å². The summed E-state index contributed by atoms with van der Waals surface area (Å²) in [5.41, 5.74) is 2.97. The zero-order valence-electron chi connectivity index (χ0n) is 15.2. The number of piperidine rings is 1. The van der Waals surface area contributed by atoms with Crippen LogP contribution in [-0.4, -0.2) is 36.9 Å². The maximum absolute atomic E-state index is 13.1. The van der Waals surface area contributed by atoms with Gasteiger partial charge in [-0.2, -0.15) is 4.31 Å². The van der Waals surface area contributed by atoms with E-state index in [0.29, 0.717) is 28.7 Å². The van der Waals surface area contributed by atoms with Gasteiger partial charge in [0, 0.05) is 24.6 Å². The van der Waals surface area contributed by atoms with Crippen LogP contribution in [0.1, 0.15) is 17.5 Å². The first-order chi connectivity index (χ1) is 13.8. The number of hydrogen-bond acceptors (Lipinski definition) is 4. The molecule has 1 aliphatic carbocycles. The van der Waals surface area contributed by atoms with Crippen molar-refractivity contribution in [1.82, 2.24) is 9.79 Å². The molecule has 0 radical (unpaired) electrons. The van der Waals surface area contributed by atoms with Gasteiger partial charge >= 0.3 is 0 Å². The van der Waals surface area contributed by atoms with E-state index in [1.165, 1.54) is 28.0 Å². The molecule has 1 saturated heterocycles. The lowest BCUT2D eigenvalue weighted by Gasteiger charge is -2.21. The summed E-state index contributed by atoms with van der Waals surface area (Å²) in [6.07, 6.45) is 3.57. The Kier molecular flexibility index (Phi) is 5.21. The molecule has 2 aromatic rings. The Bertz CT molecular complexity index is 1100. The molecule has 0 spiro atoms. The molecule has 0 bridgehead atoms. The predicted molar refractivity (Wildman–Crippen MR) is 110 cm³/mol. The number of carbonyl (C=O) groups excluding carboxylic acids is 1. The van der Waals surface area contributed by atoms with Crippen molar-refractivity contribution >= 4 is 45.2 Å². The van der Waals surface area contributed by atoms with Crippen molar-refractivity contribution in [2.45, 2.75) is 16.7 Å². The lowest BCUT2D eigenvalue weighted by atomic mass is 9.95. The largest absolute Gasteiger partial charge is 0.288 e. The number of rotatable bonds is 5. The second-order valence-electron chi connectivity index (χ2n) is 7.36. The maximum Gasteiger partial charge on any atom is 0.267 e. The monoisotopic (exact) mass is 452 g/mol. The van der Waals surface area contributed by atoms with E-state index in [0.717, 1.165) is 18.1 Å². The van der Waals surface area contributed by atoms with Crippen molar-refractivity contribution in [1.29, 1.82) is 0 Å². The van der Waals surface area contributed by atoms with Gasteiger partial charge in [-0.05, 0) is 53.8 Å². The number of halogens is 2. The third-order valence-electron chi connectivity index (χ3n) is 5.66. The third-order valence-corrected chi connectivity index (χ3v) is 8.23. The van der Waals surface area contributed by atoms with E-state index in [4.69, 9.17) is 28.4 Å². The van der Waals surface area contributed by atoms with E-state index in [9.17, 15) is 13.2 Å². The van der Waals surface area contributed by atoms with Gasteiger partial charge in [0.2, 0.25) is 10.0 Å². The van der Waals surface area contributed by atoms with Gasteiger partial charge in [-0.15, -0.1) is 0 Å². The summed E-state index contributed by atoms with van der Waals surface area (Å²) in [6, 6.07) is 11.8. The molecule has 2 fully saturated rings. The van der Waals surface area contributed by atoms with Crippen LogP contribution in [0.5, 0.6) is 0 Å². The summed E-state index contributed by atoms with van der Waals surface area (Å²) in [4.78, 5) is 11.2. The van der Waals surface area contributed by atoms with E-state index in [1.807, 2.05) is 12.1 Å². The van der Waals surface area contributed by atoms with Gasteiger partial charge in [0.05, 0.1) is 14.9 Å². The van der Waals surface area contributed by atoms with Crippen LogP contribution in [-0.2, 0) is 20.2 Å². The van der Waals surface area contributed by atoms with Crippen molar-refractivity contribution in [3.63, 3.8) is 0 Å². The molecule has 29 heavy (non-hydrogen) atoms. The van der Waals surface area contributed by atoms with Crippen LogP contribution in [0.15, 0.2) is 53.4 Å². The molecule has 0 aromatic heterocycles. The summed E-state index contributed by atoms with van der Waals surface area (Å²) >= 11 is 12.2. The highest BCUT2D eigenvalue weighted by atomic mass is 35.5. The lowest BCUT2D eigenvalue weighted by Crippen LogP contribution is -2.32. The normalized spacial score (nSPS) is 23.9. The third kappa shape index (κ3) is 3.69. The highest BCUT2D eigenvalue weighted by Gasteiger charge is 2.62. The lowest BCUT2D eigenvalue weighted by molar-refractivity contribution is -0.124. The summed E-state index contributed by atoms with van der Waals surface area (Å²) in [5.74, 6) is -0.390. The number of nitrogens with zero attached hydrogens (tertiary/aromatic N) is 1. The van der Waals surface area contributed by atoms with Crippen LogP contribution in [0.2, 0.25) is 10.0 Å². The van der Waals surface area contributed by atoms with Gasteiger partial charge in [0.15, 0.2) is 0 Å². The molecule has 1 amide bonds. The van der Waals surface area contributed by atoms with Crippen molar-refractivity contribution in [3.05, 3.63) is 69.7 Å². The number of sulfonamides is 1. The number of hydrogen-bond donors (Lipinski definition) is 2. The molecule has 4 rings (SSSR count). The smallest absolute Gasteiger partial charge is 0.267 e. The van der Waals surface area contributed by atoms with Crippen LogP contribution in [0.4, 0.5) is 0 Å². The van der Waals surface area contributed by atoms with Gasteiger partial charge in [0.1, 0.15) is 0 Å². The molecule has 2 atom stereocenters. The van der Waals surface area contributed by atoms with E-state index in [1.54, 1.807) is 18.2 Å². The Morgan fingerprint density at radius 1 is 1.17 bits per heavy atom. The fraction of sp³-hybridized carbons (Fsp3) is 0.250. The number of nitrogens with one attached hydrogen (secondary N) is 1. The molecule has 2 N–H and O–H groups in total. The number of hydroxylamine groups is 1. The first kappa shape index (κ1) is 20.4. The zero-order chi connectivity index (χ0) is 20.8. The molecule has 1 heterocycles. The predicted octanol–water partition coefficient (Wildman–Crippen LogP) is 3.47. The van der Waals surface area contributed by atoms with E-state index in [-0.39, 0.29) is 16.2 Å². The van der Waals surface area contributed by atoms with Gasteiger partial charge in [0.25, 0.3) is 5.91 Å². The van der Waals surface area contributed by atoms with Crippen LogP contribution in [0, 0.1) is 5.92 Å². The topological polar surface area (TPSA) is 86.7 Å². The number of carbonyl (C=O) groups is 1. The molecule has 1 aliphatic heterocycles. The van der Waals surface area contributed by atoms with Gasteiger partial charge < -0.3 is 0 Å². The van der Waals surface area contributed by atoms with Crippen LogP contribution < -0.4 is 5.48 Å². The minimum absolute atomic E-state index is 0.193. The Labute approximate surface area is 178 Å². The Morgan fingerprint density at radius 3 is 2.55 bits per heavy atom. The maximum atomic E-state index is 13.1. The van der Waals surface area contributed by atoms with Crippen molar-refractivity contribution in [2.75, 3.05) is 13.1 Å². The highest BCUT2D eigenvalue weighted by Crippen LogP contribution is 2.60. The van der Waals surface area contributed by atoms with Gasteiger partial charge in [-0.3, -0.25) is 10.0 Å². The second kappa shape index (κ2) is 7.41. The van der Waals surface area contributed by atoms with E-state index in [2.05, 4.69) is 0 Å². The average molecular weight is 453 g/mol. The summed E-state index contributed by atoms with van der Waals surface area (Å²) in [5, 5.41) is 9.45. The van der Waals surface area contributed by atoms with Crippen molar-refractivity contribution < 1.29 is 18.4 Å². The van der Waals surface area contributed by atoms with Crippen LogP contribution in [0.25, 0.3) is 6.08 Å². The average Bonchev–Trinajstić information content (AvgIpc) is 3.29. The first-order valence-electron chi connectivity index (χ1n) is 8.94. The Morgan fingerprint density at radius 2 is 1.90 bits per heavy atom. The standard InChI is InChI=1S/C20H18Cl2N2O4S/c21-17-7-4-14(9-18(17)22)20-10-15(20)11-24(12-20)29(27,28)16-5-1-13(2-6-16)3-8-19(25)23-26/h1-9,15,26H,10-12H2,(H,23,25)/t15-,20+/m0/s1. The molecular weight excluding hydrogens is 435 g/mol. The number of amides is 1. The minimum atomic E-state index is -3.63. The molecule has 2 aromatic carbocycles. The molecule has 2 aliphatic rings. The molecule has 6 nitrogen and oxygen atoms in total. The second-order valence-corrected chi connectivity index (χ2v) is 10.1. The number of fused-ring (bicyclic) bond motifs is 1. The fourth-order valence-electron chi connectivity index (χ4n) is 3.98. The quantitative estimate of drug-likeness (QED) is 0.413. The molecule has 152 valence electrons. The summed E-state index contributed by atoms with van der Waals surface area (Å²) in [6.45, 7) is 0.886. The first-order valence-corrected chi connectivity index (χ1v) is 11.1. The van der Waals surface area contributed by atoms with Crippen molar-refractivity contribution in [3.8, 4) is 0 Å². The summed E-state index contributed by atoms with van der Waals surface area (Å²) < 4.78 is 27.7. The van der Waals surface area contributed by atoms with E-state index >= 15 is 0 Å². The highest BCUT2D eigenvalue weighted by molar-refractivity contribution is 7.89. The van der Waals surface area contributed by atoms with Crippen LogP contribution >= 0.6 is 23.2 Å².